The normalized spacial score (nSPS) is 15.9. The van der Waals surface area contributed by atoms with E-state index >= 15 is 0 Å². The van der Waals surface area contributed by atoms with Crippen LogP contribution in [0.5, 0.6) is 0 Å². The average Bonchev–Trinajstić information content (AvgIpc) is 2.82. The first-order valence-electron chi connectivity index (χ1n) is 7.50. The molecule has 1 aromatic heterocycles. The second-order valence-corrected chi connectivity index (χ2v) is 6.71. The molecular weight excluding hydrogens is 312 g/mol. The molecule has 1 aromatic carbocycles. The van der Waals surface area contributed by atoms with E-state index in [0.29, 0.717) is 22.8 Å². The van der Waals surface area contributed by atoms with E-state index in [1.165, 1.54) is 6.20 Å². The summed E-state index contributed by atoms with van der Waals surface area (Å²) >= 11 is 0. The van der Waals surface area contributed by atoms with Crippen molar-refractivity contribution in [2.45, 2.75) is 44.8 Å². The standard InChI is InChI=1S/C17H22N2O5/c1-16(2,3)24-17(23,14(21)15(18)22)10-19-8-11(9-20)12-6-4-5-7-13(12)19/h4-9,14,21,23H,10H2,1-3H3,(H2,18,22). The van der Waals surface area contributed by atoms with E-state index in [4.69, 9.17) is 10.5 Å². The number of benzene rings is 1. The van der Waals surface area contributed by atoms with Crippen molar-refractivity contribution >= 4 is 23.1 Å². The van der Waals surface area contributed by atoms with Crippen LogP contribution in [0.25, 0.3) is 10.9 Å². The third kappa shape index (κ3) is 3.64. The third-order valence-corrected chi connectivity index (χ3v) is 3.52. The molecule has 2 rings (SSSR count). The first-order valence-corrected chi connectivity index (χ1v) is 7.50. The van der Waals surface area contributed by atoms with Gasteiger partial charge >= 0.3 is 0 Å². The summed E-state index contributed by atoms with van der Waals surface area (Å²) in [6, 6.07) is 7.09. The Balaban J connectivity index is 2.50. The van der Waals surface area contributed by atoms with E-state index in [9.17, 15) is 19.8 Å². The number of primary amides is 1. The van der Waals surface area contributed by atoms with Crippen LogP contribution in [0, 0.1) is 0 Å². The molecule has 0 radical (unpaired) electrons. The average molecular weight is 334 g/mol. The van der Waals surface area contributed by atoms with Crippen molar-refractivity contribution in [3.8, 4) is 0 Å². The Morgan fingerprint density at radius 2 is 2.00 bits per heavy atom. The number of nitrogens with two attached hydrogens (primary N) is 1. The second-order valence-electron chi connectivity index (χ2n) is 6.71. The topological polar surface area (TPSA) is 115 Å². The number of ether oxygens (including phenoxy) is 1. The van der Waals surface area contributed by atoms with Gasteiger partial charge in [-0.1, -0.05) is 18.2 Å². The van der Waals surface area contributed by atoms with Gasteiger partial charge in [0.25, 0.3) is 5.91 Å². The fraction of sp³-hybridized carbons (Fsp3) is 0.412. The van der Waals surface area contributed by atoms with Gasteiger partial charge in [-0.25, -0.2) is 0 Å². The summed E-state index contributed by atoms with van der Waals surface area (Å²) in [6.07, 6.45) is 0.299. The molecule has 0 aliphatic carbocycles. The summed E-state index contributed by atoms with van der Waals surface area (Å²) in [6.45, 7) is 4.76. The van der Waals surface area contributed by atoms with Gasteiger partial charge in [0.2, 0.25) is 5.79 Å². The molecule has 0 saturated carbocycles. The van der Waals surface area contributed by atoms with Crippen molar-refractivity contribution in [1.82, 2.24) is 4.57 Å². The minimum Gasteiger partial charge on any atom is -0.378 e. The van der Waals surface area contributed by atoms with E-state index in [1.807, 2.05) is 0 Å². The number of carbonyl (C=O) groups is 2. The van der Waals surface area contributed by atoms with E-state index in [1.54, 1.807) is 49.6 Å². The number of aliphatic hydroxyl groups excluding tert-OH is 1. The number of aldehydes is 1. The second kappa shape index (κ2) is 6.35. The fourth-order valence-corrected chi connectivity index (χ4v) is 2.67. The maximum Gasteiger partial charge on any atom is 0.252 e. The highest BCUT2D eigenvalue weighted by molar-refractivity contribution is 5.97. The van der Waals surface area contributed by atoms with Gasteiger partial charge in [-0.3, -0.25) is 9.59 Å². The van der Waals surface area contributed by atoms with E-state index in [2.05, 4.69) is 0 Å². The molecule has 7 heteroatoms. The van der Waals surface area contributed by atoms with Crippen molar-refractivity contribution in [1.29, 1.82) is 0 Å². The Bertz CT molecular complexity index is 762. The minimum absolute atomic E-state index is 0.275. The van der Waals surface area contributed by atoms with Crippen LogP contribution in [-0.4, -0.2) is 44.5 Å². The molecule has 0 bridgehead atoms. The lowest BCUT2D eigenvalue weighted by atomic mass is 10.1. The maximum absolute atomic E-state index is 11.4. The largest absolute Gasteiger partial charge is 0.378 e. The minimum atomic E-state index is -2.24. The van der Waals surface area contributed by atoms with E-state index in [-0.39, 0.29) is 6.54 Å². The fourth-order valence-electron chi connectivity index (χ4n) is 2.67. The summed E-state index contributed by atoms with van der Waals surface area (Å²) in [5.41, 5.74) is 5.39. The van der Waals surface area contributed by atoms with Gasteiger partial charge in [-0.2, -0.15) is 0 Å². The van der Waals surface area contributed by atoms with Gasteiger partial charge in [0, 0.05) is 22.7 Å². The summed E-state index contributed by atoms with van der Waals surface area (Å²) in [5.74, 6) is -3.35. The molecule has 2 unspecified atom stereocenters. The van der Waals surface area contributed by atoms with Gasteiger partial charge in [0.15, 0.2) is 12.4 Å². The number of hydrogen-bond acceptors (Lipinski definition) is 5. The molecule has 4 N–H and O–H groups in total. The molecule has 0 aliphatic rings. The molecule has 2 atom stereocenters. The molecule has 7 nitrogen and oxygen atoms in total. The lowest BCUT2D eigenvalue weighted by Gasteiger charge is -2.37. The number of para-hydroxylation sites is 1. The Morgan fingerprint density at radius 1 is 1.38 bits per heavy atom. The third-order valence-electron chi connectivity index (χ3n) is 3.52. The SMILES string of the molecule is CC(C)(C)OC(O)(Cn1cc(C=O)c2ccccc21)C(O)C(N)=O. The lowest BCUT2D eigenvalue weighted by Crippen LogP contribution is -2.57. The zero-order valence-electron chi connectivity index (χ0n) is 13.9. The van der Waals surface area contributed by atoms with Gasteiger partial charge in [-0.05, 0) is 26.8 Å². The van der Waals surface area contributed by atoms with Crippen LogP contribution in [0.3, 0.4) is 0 Å². The van der Waals surface area contributed by atoms with Crippen molar-refractivity contribution in [3.63, 3.8) is 0 Å². The molecule has 2 aromatic rings. The van der Waals surface area contributed by atoms with Crippen molar-refractivity contribution in [3.05, 3.63) is 36.0 Å². The number of aliphatic hydroxyl groups is 2. The number of amides is 1. The summed E-state index contributed by atoms with van der Waals surface area (Å²) < 4.78 is 7.09. The highest BCUT2D eigenvalue weighted by atomic mass is 16.7. The first-order chi connectivity index (χ1) is 11.1. The molecule has 0 fully saturated rings. The highest BCUT2D eigenvalue weighted by Crippen LogP contribution is 2.27. The van der Waals surface area contributed by atoms with Crippen LogP contribution >= 0.6 is 0 Å². The monoisotopic (exact) mass is 334 g/mol. The number of carbonyl (C=O) groups excluding carboxylic acids is 2. The molecule has 0 saturated heterocycles. The molecule has 0 aliphatic heterocycles. The molecule has 24 heavy (non-hydrogen) atoms. The predicted octanol–water partition coefficient (Wildman–Crippen LogP) is 0.804. The number of aromatic nitrogens is 1. The molecule has 130 valence electrons. The van der Waals surface area contributed by atoms with Gasteiger partial charge in [-0.15, -0.1) is 0 Å². The van der Waals surface area contributed by atoms with Crippen LogP contribution in [0.4, 0.5) is 0 Å². The number of rotatable bonds is 6. The van der Waals surface area contributed by atoms with Crippen LogP contribution in [-0.2, 0) is 16.1 Å². The van der Waals surface area contributed by atoms with Crippen molar-refractivity contribution < 1.29 is 24.5 Å². The Labute approximate surface area is 139 Å². The Hall–Kier alpha value is -2.22. The van der Waals surface area contributed by atoms with Gasteiger partial charge < -0.3 is 25.3 Å². The summed E-state index contributed by atoms with van der Waals surface area (Å²) in [4.78, 5) is 22.7. The number of nitrogens with zero attached hydrogens (tertiary/aromatic N) is 1. The van der Waals surface area contributed by atoms with E-state index < -0.39 is 23.4 Å². The van der Waals surface area contributed by atoms with E-state index in [0.717, 1.165) is 0 Å². The van der Waals surface area contributed by atoms with Gasteiger partial charge in [0.05, 0.1) is 12.1 Å². The maximum atomic E-state index is 11.4. The molecule has 0 spiro atoms. The Morgan fingerprint density at radius 3 is 2.54 bits per heavy atom. The number of fused-ring (bicyclic) bond motifs is 1. The van der Waals surface area contributed by atoms with Crippen molar-refractivity contribution in [2.75, 3.05) is 0 Å². The smallest absolute Gasteiger partial charge is 0.252 e. The predicted molar refractivity (Wildman–Crippen MR) is 88.3 cm³/mol. The highest BCUT2D eigenvalue weighted by Gasteiger charge is 2.44. The summed E-state index contributed by atoms with van der Waals surface area (Å²) in [5, 5.41) is 21.6. The number of hydrogen-bond donors (Lipinski definition) is 3. The molecular formula is C17H22N2O5. The van der Waals surface area contributed by atoms with Crippen LogP contribution < -0.4 is 5.73 Å². The zero-order valence-corrected chi connectivity index (χ0v) is 13.9. The van der Waals surface area contributed by atoms with Gasteiger partial charge in [0.1, 0.15) is 0 Å². The quantitative estimate of drug-likeness (QED) is 0.534. The Kier molecular flexibility index (Phi) is 4.80. The lowest BCUT2D eigenvalue weighted by molar-refractivity contribution is -0.293. The molecule has 1 heterocycles. The summed E-state index contributed by atoms with van der Waals surface area (Å²) in [7, 11) is 0. The first kappa shape index (κ1) is 18.1. The van der Waals surface area contributed by atoms with Crippen LogP contribution in [0.15, 0.2) is 30.5 Å². The van der Waals surface area contributed by atoms with Crippen LogP contribution in [0.1, 0.15) is 31.1 Å². The van der Waals surface area contributed by atoms with Crippen molar-refractivity contribution in [2.24, 2.45) is 5.73 Å². The molecule has 1 amide bonds. The zero-order chi connectivity index (χ0) is 18.1. The van der Waals surface area contributed by atoms with Crippen LogP contribution in [0.2, 0.25) is 0 Å².